The van der Waals surface area contributed by atoms with Gasteiger partial charge in [0.15, 0.2) is 11.4 Å². The van der Waals surface area contributed by atoms with Gasteiger partial charge in [-0.1, -0.05) is 0 Å². The van der Waals surface area contributed by atoms with Crippen LogP contribution in [-0.2, 0) is 6.54 Å². The lowest BCUT2D eigenvalue weighted by atomic mass is 10.2. The van der Waals surface area contributed by atoms with Gasteiger partial charge in [0.25, 0.3) is 6.43 Å². The molecule has 0 aliphatic rings. The normalized spacial score (nSPS) is 10.6. The second kappa shape index (κ2) is 4.19. The van der Waals surface area contributed by atoms with Gasteiger partial charge in [0.05, 0.1) is 18.5 Å². The maximum Gasteiger partial charge on any atom is 0.284 e. The standard InChI is InChI=1S/C8H11F2N3O/c1-14-7-5(12)2-4(3-11)13-6(7)8(9)10/h2,8H,3,11H2,1H3,(H2,12,13). The Hall–Kier alpha value is -1.43. The van der Waals surface area contributed by atoms with Crippen molar-refractivity contribution < 1.29 is 13.5 Å². The van der Waals surface area contributed by atoms with E-state index in [9.17, 15) is 8.78 Å². The number of hydrogen-bond donors (Lipinski definition) is 2. The van der Waals surface area contributed by atoms with Crippen LogP contribution in [0, 0.1) is 0 Å². The van der Waals surface area contributed by atoms with Gasteiger partial charge in [0, 0.05) is 6.54 Å². The zero-order valence-corrected chi connectivity index (χ0v) is 7.63. The first kappa shape index (κ1) is 10.6. The van der Waals surface area contributed by atoms with Crippen molar-refractivity contribution in [2.45, 2.75) is 13.0 Å². The fourth-order valence-corrected chi connectivity index (χ4v) is 1.11. The Balaban J connectivity index is 3.28. The number of nitrogens with two attached hydrogens (primary N) is 2. The Labute approximate surface area is 79.9 Å². The third kappa shape index (κ3) is 1.90. The molecule has 0 bridgehead atoms. The maximum atomic E-state index is 12.5. The Morgan fingerprint density at radius 1 is 1.57 bits per heavy atom. The molecule has 0 spiro atoms. The number of rotatable bonds is 3. The van der Waals surface area contributed by atoms with E-state index in [-0.39, 0.29) is 18.0 Å². The summed E-state index contributed by atoms with van der Waals surface area (Å²) in [5, 5.41) is 0. The molecule has 0 amide bonds. The molecule has 0 unspecified atom stereocenters. The van der Waals surface area contributed by atoms with E-state index < -0.39 is 12.1 Å². The van der Waals surface area contributed by atoms with Crippen molar-refractivity contribution in [3.8, 4) is 5.75 Å². The topological polar surface area (TPSA) is 74.2 Å². The van der Waals surface area contributed by atoms with Crippen molar-refractivity contribution in [2.24, 2.45) is 5.73 Å². The molecule has 0 fully saturated rings. The van der Waals surface area contributed by atoms with Crippen LogP contribution in [0.3, 0.4) is 0 Å². The van der Waals surface area contributed by atoms with Gasteiger partial charge in [0.1, 0.15) is 0 Å². The highest BCUT2D eigenvalue weighted by Gasteiger charge is 2.19. The molecule has 4 N–H and O–H groups in total. The van der Waals surface area contributed by atoms with Gasteiger partial charge >= 0.3 is 0 Å². The lowest BCUT2D eigenvalue weighted by molar-refractivity contribution is 0.141. The lowest BCUT2D eigenvalue weighted by Crippen LogP contribution is -2.07. The zero-order valence-electron chi connectivity index (χ0n) is 7.63. The molecule has 0 saturated heterocycles. The SMILES string of the molecule is COc1c(N)cc(CN)nc1C(F)F. The second-order valence-corrected chi connectivity index (χ2v) is 2.63. The second-order valence-electron chi connectivity index (χ2n) is 2.63. The molecule has 78 valence electrons. The van der Waals surface area contributed by atoms with Crippen molar-refractivity contribution in [3.63, 3.8) is 0 Å². The molecule has 0 saturated carbocycles. The largest absolute Gasteiger partial charge is 0.492 e. The van der Waals surface area contributed by atoms with Crippen molar-refractivity contribution in [1.29, 1.82) is 0 Å². The Kier molecular flexibility index (Phi) is 3.19. The number of hydrogen-bond acceptors (Lipinski definition) is 4. The van der Waals surface area contributed by atoms with E-state index in [1.807, 2.05) is 0 Å². The van der Waals surface area contributed by atoms with Gasteiger partial charge in [0.2, 0.25) is 0 Å². The van der Waals surface area contributed by atoms with Crippen molar-refractivity contribution >= 4 is 5.69 Å². The molecule has 1 heterocycles. The van der Waals surface area contributed by atoms with Gasteiger partial charge in [-0.05, 0) is 6.07 Å². The molecule has 1 aromatic rings. The number of nitrogens with zero attached hydrogens (tertiary/aromatic N) is 1. The molecular weight excluding hydrogens is 192 g/mol. The summed E-state index contributed by atoms with van der Waals surface area (Å²) in [5.74, 6) is -0.0859. The van der Waals surface area contributed by atoms with Crippen LogP contribution < -0.4 is 16.2 Å². The monoisotopic (exact) mass is 203 g/mol. The summed E-state index contributed by atoms with van der Waals surface area (Å²) in [6.07, 6.45) is -2.72. The fraction of sp³-hybridized carbons (Fsp3) is 0.375. The predicted molar refractivity (Wildman–Crippen MR) is 48.0 cm³/mol. The number of nitrogen functional groups attached to an aromatic ring is 1. The first-order valence-corrected chi connectivity index (χ1v) is 3.91. The summed E-state index contributed by atoms with van der Waals surface area (Å²) in [7, 11) is 1.27. The number of aromatic nitrogens is 1. The first-order chi connectivity index (χ1) is 6.60. The van der Waals surface area contributed by atoms with Crippen LogP contribution in [0.2, 0.25) is 0 Å². The van der Waals surface area contributed by atoms with Crippen molar-refractivity contribution in [2.75, 3.05) is 12.8 Å². The van der Waals surface area contributed by atoms with Crippen molar-refractivity contribution in [1.82, 2.24) is 4.98 Å². The molecule has 0 aromatic carbocycles. The highest BCUT2D eigenvalue weighted by Crippen LogP contribution is 2.32. The van der Waals surface area contributed by atoms with Gasteiger partial charge in [-0.3, -0.25) is 0 Å². The molecular formula is C8H11F2N3O. The van der Waals surface area contributed by atoms with E-state index in [4.69, 9.17) is 16.2 Å². The summed E-state index contributed by atoms with van der Waals surface area (Å²) < 4.78 is 29.7. The summed E-state index contributed by atoms with van der Waals surface area (Å²) in [6.45, 7) is 0.0634. The first-order valence-electron chi connectivity index (χ1n) is 3.91. The summed E-state index contributed by atoms with van der Waals surface area (Å²) in [6, 6.07) is 1.42. The predicted octanol–water partition coefficient (Wildman–Crippen LogP) is 1.07. The molecule has 0 radical (unpaired) electrons. The Morgan fingerprint density at radius 3 is 2.64 bits per heavy atom. The molecule has 6 heteroatoms. The van der Waals surface area contributed by atoms with E-state index in [2.05, 4.69) is 4.98 Å². The lowest BCUT2D eigenvalue weighted by Gasteiger charge is -2.11. The minimum absolute atomic E-state index is 0.0634. The number of anilines is 1. The van der Waals surface area contributed by atoms with Gasteiger partial charge < -0.3 is 16.2 Å². The summed E-state index contributed by atoms with van der Waals surface area (Å²) >= 11 is 0. The highest BCUT2D eigenvalue weighted by molar-refractivity contribution is 5.56. The molecule has 1 aromatic heterocycles. The van der Waals surface area contributed by atoms with Gasteiger partial charge in [-0.2, -0.15) is 0 Å². The molecule has 4 nitrogen and oxygen atoms in total. The smallest absolute Gasteiger partial charge is 0.284 e. The number of pyridine rings is 1. The third-order valence-electron chi connectivity index (χ3n) is 1.70. The number of alkyl halides is 2. The Bertz CT molecular complexity index is 331. The minimum atomic E-state index is -2.72. The minimum Gasteiger partial charge on any atom is -0.492 e. The van der Waals surface area contributed by atoms with E-state index in [1.165, 1.54) is 13.2 Å². The van der Waals surface area contributed by atoms with Gasteiger partial charge in [-0.15, -0.1) is 0 Å². The quantitative estimate of drug-likeness (QED) is 0.770. The van der Waals surface area contributed by atoms with Gasteiger partial charge in [-0.25, -0.2) is 13.8 Å². The molecule has 0 atom stereocenters. The summed E-state index contributed by atoms with van der Waals surface area (Å²) in [4.78, 5) is 3.64. The number of methoxy groups -OCH3 is 1. The van der Waals surface area contributed by atoms with E-state index >= 15 is 0 Å². The van der Waals surface area contributed by atoms with Crippen LogP contribution in [0.15, 0.2) is 6.07 Å². The maximum absolute atomic E-state index is 12.5. The molecule has 0 aliphatic carbocycles. The van der Waals surface area contributed by atoms with Crippen LogP contribution >= 0.6 is 0 Å². The van der Waals surface area contributed by atoms with E-state index in [0.29, 0.717) is 5.69 Å². The van der Waals surface area contributed by atoms with Crippen LogP contribution in [0.1, 0.15) is 17.8 Å². The van der Waals surface area contributed by atoms with Crippen LogP contribution in [0.4, 0.5) is 14.5 Å². The van der Waals surface area contributed by atoms with E-state index in [0.717, 1.165) is 0 Å². The Morgan fingerprint density at radius 2 is 2.21 bits per heavy atom. The summed E-state index contributed by atoms with van der Waals surface area (Å²) in [5.41, 5.74) is 10.7. The number of halogens is 2. The fourth-order valence-electron chi connectivity index (χ4n) is 1.11. The van der Waals surface area contributed by atoms with Crippen LogP contribution in [0.5, 0.6) is 5.75 Å². The van der Waals surface area contributed by atoms with Crippen LogP contribution in [0.25, 0.3) is 0 Å². The number of ether oxygens (including phenoxy) is 1. The van der Waals surface area contributed by atoms with Crippen LogP contribution in [-0.4, -0.2) is 12.1 Å². The highest BCUT2D eigenvalue weighted by atomic mass is 19.3. The molecule has 0 aliphatic heterocycles. The average Bonchev–Trinajstić information content (AvgIpc) is 2.16. The molecule has 14 heavy (non-hydrogen) atoms. The molecule has 1 rings (SSSR count). The zero-order chi connectivity index (χ0) is 10.7. The average molecular weight is 203 g/mol. The van der Waals surface area contributed by atoms with Crippen molar-refractivity contribution in [3.05, 3.63) is 17.5 Å². The third-order valence-corrected chi connectivity index (χ3v) is 1.70. The van der Waals surface area contributed by atoms with E-state index in [1.54, 1.807) is 0 Å².